The highest BCUT2D eigenvalue weighted by Crippen LogP contribution is 2.19. The molecule has 0 saturated carbocycles. The Kier molecular flexibility index (Phi) is 4.86. The Balaban J connectivity index is 1.67. The van der Waals surface area contributed by atoms with E-state index in [0.717, 1.165) is 15.8 Å². The average Bonchev–Trinajstić information content (AvgIpc) is 2.59. The van der Waals surface area contributed by atoms with Gasteiger partial charge in [-0.25, -0.2) is 9.37 Å². The Hall–Kier alpha value is -2.73. The van der Waals surface area contributed by atoms with E-state index in [9.17, 15) is 9.18 Å². The summed E-state index contributed by atoms with van der Waals surface area (Å²) in [6.45, 7) is 0. The monoisotopic (exact) mass is 385 g/mol. The molecular formula is C18H13BrFN3O. The second-order valence-electron chi connectivity index (χ2n) is 5.00. The Labute approximate surface area is 146 Å². The van der Waals surface area contributed by atoms with Crippen molar-refractivity contribution in [3.05, 3.63) is 82.7 Å². The van der Waals surface area contributed by atoms with Crippen molar-refractivity contribution in [2.75, 3.05) is 10.6 Å². The van der Waals surface area contributed by atoms with Gasteiger partial charge in [0.05, 0.1) is 17.4 Å². The quantitative estimate of drug-likeness (QED) is 0.665. The van der Waals surface area contributed by atoms with Crippen LogP contribution in [0, 0.1) is 5.82 Å². The highest BCUT2D eigenvalue weighted by molar-refractivity contribution is 9.10. The second kappa shape index (κ2) is 7.23. The van der Waals surface area contributed by atoms with Crippen molar-refractivity contribution < 1.29 is 9.18 Å². The first-order valence-electron chi connectivity index (χ1n) is 7.16. The Bertz CT molecular complexity index is 851. The highest BCUT2D eigenvalue weighted by atomic mass is 79.9. The zero-order valence-corrected chi connectivity index (χ0v) is 14.0. The number of amides is 1. The summed E-state index contributed by atoms with van der Waals surface area (Å²) in [4.78, 5) is 16.2. The van der Waals surface area contributed by atoms with Crippen molar-refractivity contribution in [2.24, 2.45) is 0 Å². The van der Waals surface area contributed by atoms with Gasteiger partial charge in [0.2, 0.25) is 0 Å². The number of hydrogen-bond donors (Lipinski definition) is 2. The van der Waals surface area contributed by atoms with Crippen molar-refractivity contribution in [3.63, 3.8) is 0 Å². The molecule has 4 nitrogen and oxygen atoms in total. The van der Waals surface area contributed by atoms with Gasteiger partial charge in [-0.3, -0.25) is 4.79 Å². The molecule has 0 unspecified atom stereocenters. The van der Waals surface area contributed by atoms with Gasteiger partial charge in [-0.05, 0) is 48.5 Å². The third kappa shape index (κ3) is 3.97. The average molecular weight is 386 g/mol. The molecule has 0 saturated heterocycles. The predicted octanol–water partition coefficient (Wildman–Crippen LogP) is 4.98. The number of halogens is 2. The fourth-order valence-corrected chi connectivity index (χ4v) is 2.33. The minimum atomic E-state index is -0.566. The lowest BCUT2D eigenvalue weighted by molar-refractivity contribution is 0.102. The fraction of sp³-hybridized carbons (Fsp3) is 0. The number of rotatable bonds is 4. The SMILES string of the molecule is O=C(Nc1ccc(Nc2ccc(Br)cc2)cn1)c1ccccc1F. The first-order chi connectivity index (χ1) is 11.6. The lowest BCUT2D eigenvalue weighted by Crippen LogP contribution is -2.14. The molecular weight excluding hydrogens is 373 g/mol. The number of nitrogens with zero attached hydrogens (tertiary/aromatic N) is 1. The van der Waals surface area contributed by atoms with E-state index in [1.807, 2.05) is 24.3 Å². The normalized spacial score (nSPS) is 10.2. The van der Waals surface area contributed by atoms with Gasteiger partial charge in [-0.2, -0.15) is 0 Å². The number of carbonyl (C=O) groups excluding carboxylic acids is 1. The summed E-state index contributed by atoms with van der Waals surface area (Å²) < 4.78 is 14.6. The third-order valence-electron chi connectivity index (χ3n) is 3.26. The fourth-order valence-electron chi connectivity index (χ4n) is 2.07. The van der Waals surface area contributed by atoms with Crippen molar-refractivity contribution >= 4 is 39.0 Å². The minimum absolute atomic E-state index is 0.0173. The van der Waals surface area contributed by atoms with Crippen molar-refractivity contribution in [1.29, 1.82) is 0 Å². The summed E-state index contributed by atoms with van der Waals surface area (Å²) in [5.74, 6) is -0.748. The van der Waals surface area contributed by atoms with Crippen molar-refractivity contribution in [1.82, 2.24) is 4.98 Å². The lowest BCUT2D eigenvalue weighted by atomic mass is 10.2. The van der Waals surface area contributed by atoms with Gasteiger partial charge in [0.15, 0.2) is 0 Å². The number of benzene rings is 2. The Morgan fingerprint density at radius 1 is 0.958 bits per heavy atom. The summed E-state index contributed by atoms with van der Waals surface area (Å²) in [6.07, 6.45) is 1.60. The smallest absolute Gasteiger partial charge is 0.259 e. The maximum absolute atomic E-state index is 13.6. The van der Waals surface area contributed by atoms with Gasteiger partial charge in [0, 0.05) is 10.2 Å². The number of carbonyl (C=O) groups is 1. The highest BCUT2D eigenvalue weighted by Gasteiger charge is 2.11. The van der Waals surface area contributed by atoms with E-state index in [1.165, 1.54) is 18.2 Å². The zero-order valence-electron chi connectivity index (χ0n) is 12.5. The molecule has 3 aromatic rings. The molecule has 3 rings (SSSR count). The van der Waals surface area contributed by atoms with Crippen molar-refractivity contribution in [3.8, 4) is 0 Å². The van der Waals surface area contributed by atoms with Crippen LogP contribution < -0.4 is 10.6 Å². The molecule has 120 valence electrons. The van der Waals surface area contributed by atoms with Crippen LogP contribution in [0.1, 0.15) is 10.4 Å². The molecule has 24 heavy (non-hydrogen) atoms. The van der Waals surface area contributed by atoms with Gasteiger partial charge in [0.25, 0.3) is 5.91 Å². The Morgan fingerprint density at radius 2 is 1.67 bits per heavy atom. The molecule has 1 heterocycles. The lowest BCUT2D eigenvalue weighted by Gasteiger charge is -2.08. The zero-order chi connectivity index (χ0) is 16.9. The standard InChI is InChI=1S/C18H13BrFN3O/c19-12-5-7-13(8-6-12)22-14-9-10-17(21-11-14)23-18(24)15-3-1-2-4-16(15)20/h1-11,22H,(H,21,23,24). The molecule has 2 aromatic carbocycles. The Morgan fingerprint density at radius 3 is 2.33 bits per heavy atom. The summed E-state index contributed by atoms with van der Waals surface area (Å²) >= 11 is 3.38. The van der Waals surface area contributed by atoms with Gasteiger partial charge < -0.3 is 10.6 Å². The topological polar surface area (TPSA) is 54.0 Å². The largest absolute Gasteiger partial charge is 0.354 e. The van der Waals surface area contributed by atoms with Crippen LogP contribution in [0.15, 0.2) is 71.3 Å². The summed E-state index contributed by atoms with van der Waals surface area (Å²) in [5, 5.41) is 5.77. The van der Waals surface area contributed by atoms with Crippen LogP contribution in [0.25, 0.3) is 0 Å². The number of anilines is 3. The van der Waals surface area contributed by atoms with Crippen LogP contribution in [0.3, 0.4) is 0 Å². The van der Waals surface area contributed by atoms with Crippen LogP contribution in [-0.2, 0) is 0 Å². The number of hydrogen-bond acceptors (Lipinski definition) is 3. The van der Waals surface area contributed by atoms with Crippen LogP contribution in [0.4, 0.5) is 21.6 Å². The van der Waals surface area contributed by atoms with E-state index in [4.69, 9.17) is 0 Å². The van der Waals surface area contributed by atoms with Crippen molar-refractivity contribution in [2.45, 2.75) is 0 Å². The van der Waals surface area contributed by atoms with Crippen LogP contribution in [0.2, 0.25) is 0 Å². The van der Waals surface area contributed by atoms with E-state index >= 15 is 0 Å². The van der Waals surface area contributed by atoms with Crippen LogP contribution in [0.5, 0.6) is 0 Å². The molecule has 0 bridgehead atoms. The first-order valence-corrected chi connectivity index (χ1v) is 7.95. The van der Waals surface area contributed by atoms with Gasteiger partial charge in [-0.1, -0.05) is 28.1 Å². The van der Waals surface area contributed by atoms with Gasteiger partial charge >= 0.3 is 0 Å². The molecule has 0 atom stereocenters. The second-order valence-corrected chi connectivity index (χ2v) is 5.91. The first kappa shape index (κ1) is 16.1. The molecule has 0 radical (unpaired) electrons. The van der Waals surface area contributed by atoms with Gasteiger partial charge in [-0.15, -0.1) is 0 Å². The molecule has 0 aliphatic rings. The molecule has 2 N–H and O–H groups in total. The predicted molar refractivity (Wildman–Crippen MR) is 96.0 cm³/mol. The molecule has 0 aliphatic heterocycles. The molecule has 0 fully saturated rings. The maximum atomic E-state index is 13.6. The maximum Gasteiger partial charge on any atom is 0.259 e. The molecule has 0 spiro atoms. The van der Waals surface area contributed by atoms with E-state index in [2.05, 4.69) is 31.5 Å². The summed E-state index contributed by atoms with van der Waals surface area (Å²) in [6, 6.07) is 17.0. The van der Waals surface area contributed by atoms with E-state index in [-0.39, 0.29) is 5.56 Å². The third-order valence-corrected chi connectivity index (χ3v) is 3.79. The molecule has 1 aromatic heterocycles. The summed E-state index contributed by atoms with van der Waals surface area (Å²) in [7, 11) is 0. The minimum Gasteiger partial charge on any atom is -0.354 e. The molecule has 0 aliphatic carbocycles. The molecule has 6 heteroatoms. The van der Waals surface area contributed by atoms with Crippen LogP contribution in [-0.4, -0.2) is 10.9 Å². The number of aromatic nitrogens is 1. The van der Waals surface area contributed by atoms with E-state index in [0.29, 0.717) is 5.82 Å². The number of pyridine rings is 1. The number of nitrogens with one attached hydrogen (secondary N) is 2. The van der Waals surface area contributed by atoms with E-state index in [1.54, 1.807) is 24.4 Å². The molecule has 1 amide bonds. The summed E-state index contributed by atoms with van der Waals surface area (Å²) in [5.41, 5.74) is 1.68. The van der Waals surface area contributed by atoms with Crippen LogP contribution >= 0.6 is 15.9 Å². The van der Waals surface area contributed by atoms with E-state index < -0.39 is 11.7 Å². The van der Waals surface area contributed by atoms with Gasteiger partial charge in [0.1, 0.15) is 11.6 Å².